The summed E-state index contributed by atoms with van der Waals surface area (Å²) in [5.74, 6) is -0.598. The molecule has 2 aromatic rings. The van der Waals surface area contributed by atoms with Gasteiger partial charge in [-0.2, -0.15) is 0 Å². The van der Waals surface area contributed by atoms with Crippen LogP contribution < -0.4 is 16.2 Å². The van der Waals surface area contributed by atoms with Crippen molar-refractivity contribution in [3.63, 3.8) is 0 Å². The summed E-state index contributed by atoms with van der Waals surface area (Å²) in [6.07, 6.45) is 0. The Morgan fingerprint density at radius 1 is 1.05 bits per heavy atom. The highest BCUT2D eigenvalue weighted by molar-refractivity contribution is 7.80. The van der Waals surface area contributed by atoms with E-state index in [9.17, 15) is 9.18 Å². The van der Waals surface area contributed by atoms with Gasteiger partial charge in [-0.3, -0.25) is 4.79 Å². The second-order valence-electron chi connectivity index (χ2n) is 3.97. The van der Waals surface area contributed by atoms with Crippen molar-refractivity contribution in [2.45, 2.75) is 0 Å². The normalized spacial score (nSPS) is 10.1. The zero-order valence-electron chi connectivity index (χ0n) is 10.3. The molecule has 0 saturated heterocycles. The number of ether oxygens (including phenoxy) is 1. The average Bonchev–Trinajstić information content (AvgIpc) is 2.41. The van der Waals surface area contributed by atoms with Crippen LogP contribution in [0.2, 0.25) is 0 Å². The fourth-order valence-corrected chi connectivity index (χ4v) is 1.82. The summed E-state index contributed by atoms with van der Waals surface area (Å²) in [7, 11) is 0. The van der Waals surface area contributed by atoms with Crippen LogP contribution in [0.15, 0.2) is 42.5 Å². The largest absolute Gasteiger partial charge is 0.456 e. The van der Waals surface area contributed by atoms with E-state index in [1.807, 2.05) is 0 Å². The predicted octanol–water partition coefficient (Wildman–Crippen LogP) is 2.35. The van der Waals surface area contributed by atoms with Gasteiger partial charge in [0.2, 0.25) is 0 Å². The number of hydrogen-bond acceptors (Lipinski definition) is 3. The van der Waals surface area contributed by atoms with Crippen molar-refractivity contribution in [3.05, 3.63) is 59.4 Å². The van der Waals surface area contributed by atoms with Crippen molar-refractivity contribution in [2.75, 3.05) is 0 Å². The van der Waals surface area contributed by atoms with E-state index >= 15 is 0 Å². The van der Waals surface area contributed by atoms with E-state index < -0.39 is 11.7 Å². The Bertz CT molecular complexity index is 689. The van der Waals surface area contributed by atoms with Gasteiger partial charge in [0.25, 0.3) is 5.91 Å². The maximum absolute atomic E-state index is 13.2. The highest BCUT2D eigenvalue weighted by Gasteiger charge is 2.13. The van der Waals surface area contributed by atoms with E-state index in [0.717, 1.165) is 0 Å². The molecule has 0 atom stereocenters. The minimum atomic E-state index is -0.625. The molecular formula is C14H11FN2O2S. The number of rotatable bonds is 4. The third-order valence-corrected chi connectivity index (χ3v) is 2.80. The van der Waals surface area contributed by atoms with Gasteiger partial charge in [-0.1, -0.05) is 24.4 Å². The Morgan fingerprint density at radius 3 is 2.35 bits per heavy atom. The first kappa shape index (κ1) is 14.0. The zero-order chi connectivity index (χ0) is 14.7. The smallest absolute Gasteiger partial charge is 0.252 e. The lowest BCUT2D eigenvalue weighted by molar-refractivity contribution is 0.0998. The first-order valence-electron chi connectivity index (χ1n) is 5.65. The molecule has 0 heterocycles. The van der Waals surface area contributed by atoms with E-state index in [2.05, 4.69) is 0 Å². The summed E-state index contributed by atoms with van der Waals surface area (Å²) in [4.78, 5) is 11.3. The lowest BCUT2D eigenvalue weighted by Crippen LogP contribution is -2.14. The maximum atomic E-state index is 13.2. The first-order chi connectivity index (χ1) is 9.49. The van der Waals surface area contributed by atoms with E-state index in [1.165, 1.54) is 24.3 Å². The Labute approximate surface area is 120 Å². The molecule has 0 radical (unpaired) electrons. The Kier molecular flexibility index (Phi) is 3.95. The number of benzene rings is 2. The number of nitrogens with two attached hydrogens (primary N) is 2. The number of carbonyl (C=O) groups is 1. The lowest BCUT2D eigenvalue weighted by atomic mass is 10.1. The van der Waals surface area contributed by atoms with Gasteiger partial charge >= 0.3 is 0 Å². The molecule has 102 valence electrons. The van der Waals surface area contributed by atoms with Crippen LogP contribution >= 0.6 is 12.2 Å². The fourth-order valence-electron chi connectivity index (χ4n) is 1.66. The van der Waals surface area contributed by atoms with Gasteiger partial charge in [0.1, 0.15) is 22.3 Å². The van der Waals surface area contributed by atoms with Crippen LogP contribution in [0.3, 0.4) is 0 Å². The van der Waals surface area contributed by atoms with E-state index in [4.69, 9.17) is 28.4 Å². The standard InChI is InChI=1S/C14H11FN2O2S/c15-8-5-6-12(10(7-8)14(17)20)19-11-4-2-1-3-9(11)13(16)18/h1-7H,(H2,16,18)(H2,17,20). The Hall–Kier alpha value is -2.47. The second kappa shape index (κ2) is 5.66. The number of para-hydroxylation sites is 1. The third-order valence-electron chi connectivity index (χ3n) is 2.58. The molecule has 0 saturated carbocycles. The minimum Gasteiger partial charge on any atom is -0.456 e. The van der Waals surface area contributed by atoms with E-state index in [1.54, 1.807) is 18.2 Å². The van der Waals surface area contributed by atoms with Crippen LogP contribution in [0.4, 0.5) is 4.39 Å². The number of thiocarbonyl (C=S) groups is 1. The van der Waals surface area contributed by atoms with Crippen LogP contribution in [0.5, 0.6) is 11.5 Å². The first-order valence-corrected chi connectivity index (χ1v) is 6.06. The number of hydrogen-bond donors (Lipinski definition) is 2. The molecule has 0 aliphatic carbocycles. The molecule has 0 spiro atoms. The van der Waals surface area contributed by atoms with Crippen molar-refractivity contribution in [3.8, 4) is 11.5 Å². The Morgan fingerprint density at radius 2 is 1.70 bits per heavy atom. The highest BCUT2D eigenvalue weighted by Crippen LogP contribution is 2.28. The number of primary amides is 1. The van der Waals surface area contributed by atoms with Crippen molar-refractivity contribution in [1.82, 2.24) is 0 Å². The van der Waals surface area contributed by atoms with Gasteiger partial charge in [0.15, 0.2) is 0 Å². The van der Waals surface area contributed by atoms with Gasteiger partial charge < -0.3 is 16.2 Å². The molecule has 0 aliphatic rings. The second-order valence-corrected chi connectivity index (χ2v) is 4.41. The zero-order valence-corrected chi connectivity index (χ0v) is 11.1. The van der Waals surface area contributed by atoms with Crippen molar-refractivity contribution < 1.29 is 13.9 Å². The Balaban J connectivity index is 2.45. The van der Waals surface area contributed by atoms with Crippen LogP contribution in [-0.2, 0) is 0 Å². The summed E-state index contributed by atoms with van der Waals surface area (Å²) < 4.78 is 18.8. The predicted molar refractivity (Wildman–Crippen MR) is 77.3 cm³/mol. The van der Waals surface area contributed by atoms with Gasteiger partial charge in [-0.05, 0) is 30.3 Å². The molecule has 2 aromatic carbocycles. The quantitative estimate of drug-likeness (QED) is 0.847. The molecule has 6 heteroatoms. The van der Waals surface area contributed by atoms with Crippen LogP contribution in [0, 0.1) is 5.82 Å². The maximum Gasteiger partial charge on any atom is 0.252 e. The molecule has 20 heavy (non-hydrogen) atoms. The summed E-state index contributed by atoms with van der Waals surface area (Å²) in [5.41, 5.74) is 11.3. The van der Waals surface area contributed by atoms with Crippen LogP contribution in [0.1, 0.15) is 15.9 Å². The van der Waals surface area contributed by atoms with Gasteiger partial charge in [-0.25, -0.2) is 4.39 Å². The molecule has 0 fully saturated rings. The third kappa shape index (κ3) is 2.92. The molecule has 1 amide bonds. The van der Waals surface area contributed by atoms with Crippen molar-refractivity contribution >= 4 is 23.1 Å². The molecule has 4 nitrogen and oxygen atoms in total. The summed E-state index contributed by atoms with van der Waals surface area (Å²) >= 11 is 4.85. The number of halogens is 1. The molecular weight excluding hydrogens is 279 g/mol. The SMILES string of the molecule is NC(=O)c1ccccc1Oc1ccc(F)cc1C(N)=S. The molecule has 4 N–H and O–H groups in total. The number of amides is 1. The highest BCUT2D eigenvalue weighted by atomic mass is 32.1. The number of carbonyl (C=O) groups excluding carboxylic acids is 1. The van der Waals surface area contributed by atoms with Crippen molar-refractivity contribution in [2.24, 2.45) is 11.5 Å². The average molecular weight is 290 g/mol. The minimum absolute atomic E-state index is 0.00365. The monoisotopic (exact) mass is 290 g/mol. The summed E-state index contributed by atoms with van der Waals surface area (Å²) in [6, 6.07) is 10.2. The van der Waals surface area contributed by atoms with Crippen LogP contribution in [0.25, 0.3) is 0 Å². The van der Waals surface area contributed by atoms with E-state index in [-0.39, 0.29) is 27.6 Å². The van der Waals surface area contributed by atoms with Gasteiger partial charge in [-0.15, -0.1) is 0 Å². The van der Waals surface area contributed by atoms with Gasteiger partial charge in [0, 0.05) is 0 Å². The van der Waals surface area contributed by atoms with Crippen molar-refractivity contribution in [1.29, 1.82) is 0 Å². The summed E-state index contributed by atoms with van der Waals surface area (Å²) in [5, 5.41) is 0. The van der Waals surface area contributed by atoms with E-state index in [0.29, 0.717) is 0 Å². The lowest BCUT2D eigenvalue weighted by Gasteiger charge is -2.12. The molecule has 0 bridgehead atoms. The summed E-state index contributed by atoms with van der Waals surface area (Å²) in [6.45, 7) is 0. The molecule has 0 unspecified atom stereocenters. The topological polar surface area (TPSA) is 78.3 Å². The molecule has 0 aliphatic heterocycles. The fraction of sp³-hybridized carbons (Fsp3) is 0. The molecule has 0 aromatic heterocycles. The molecule has 2 rings (SSSR count). The van der Waals surface area contributed by atoms with Crippen LogP contribution in [-0.4, -0.2) is 10.9 Å². The van der Waals surface area contributed by atoms with Gasteiger partial charge in [0.05, 0.1) is 11.1 Å².